The normalized spacial score (nSPS) is 52.5. The van der Waals surface area contributed by atoms with Crippen molar-refractivity contribution in [2.75, 3.05) is 0 Å². The SMILES string of the molecule is C=C1C[C@]2(C)C(=CC1=O)CC[C@@H]1[C@H]3CC[C@](C)(O)[C@@]3(C)CC[C@@H]12. The summed E-state index contributed by atoms with van der Waals surface area (Å²) in [5.74, 6) is 2.14. The molecule has 6 atom stereocenters. The average Bonchev–Trinajstić information content (AvgIpc) is 2.71. The molecule has 0 aromatic carbocycles. The standard InChI is InChI=1S/C21H30O2/c1-13-12-19(2)14(11-18(13)22)5-6-15-16(19)7-9-20(3)17(15)8-10-21(20,4)23/h11,15-17,23H,1,5-10,12H2,2-4H3/t15-,16-,17+,19+,20-,21-/m0/s1. The lowest BCUT2D eigenvalue weighted by Gasteiger charge is -2.59. The Morgan fingerprint density at radius 2 is 1.83 bits per heavy atom. The fraction of sp³-hybridized carbons (Fsp3) is 0.762. The van der Waals surface area contributed by atoms with Crippen LogP contribution in [0.1, 0.15) is 65.7 Å². The summed E-state index contributed by atoms with van der Waals surface area (Å²) in [6.45, 7) is 10.8. The summed E-state index contributed by atoms with van der Waals surface area (Å²) >= 11 is 0. The third-order valence-corrected chi connectivity index (χ3v) is 8.53. The number of ketones is 1. The first-order valence-electron chi connectivity index (χ1n) is 9.35. The molecule has 1 N–H and O–H groups in total. The Morgan fingerprint density at radius 1 is 1.13 bits per heavy atom. The monoisotopic (exact) mass is 314 g/mol. The zero-order valence-corrected chi connectivity index (χ0v) is 14.8. The molecule has 4 aliphatic rings. The van der Waals surface area contributed by atoms with Crippen LogP contribution in [0.4, 0.5) is 0 Å². The summed E-state index contributed by atoms with van der Waals surface area (Å²) in [6, 6.07) is 0. The predicted molar refractivity (Wildman–Crippen MR) is 91.9 cm³/mol. The van der Waals surface area contributed by atoms with Gasteiger partial charge in [-0.3, -0.25) is 4.79 Å². The molecule has 0 aromatic rings. The van der Waals surface area contributed by atoms with Crippen molar-refractivity contribution < 1.29 is 9.90 Å². The van der Waals surface area contributed by atoms with Gasteiger partial charge in [0.25, 0.3) is 0 Å². The van der Waals surface area contributed by atoms with Crippen LogP contribution in [0.15, 0.2) is 23.8 Å². The highest BCUT2D eigenvalue weighted by Gasteiger charge is 2.62. The van der Waals surface area contributed by atoms with Gasteiger partial charge in [0, 0.05) is 0 Å². The second kappa shape index (κ2) is 4.59. The van der Waals surface area contributed by atoms with Crippen molar-refractivity contribution in [3.8, 4) is 0 Å². The second-order valence-corrected chi connectivity index (χ2v) is 9.42. The molecule has 0 unspecified atom stereocenters. The summed E-state index contributed by atoms with van der Waals surface area (Å²) in [6.07, 6.45) is 9.42. The maximum absolute atomic E-state index is 12.1. The third kappa shape index (κ3) is 1.88. The van der Waals surface area contributed by atoms with Crippen LogP contribution in [-0.2, 0) is 4.79 Å². The number of hydrogen-bond acceptors (Lipinski definition) is 2. The lowest BCUT2D eigenvalue weighted by Crippen LogP contribution is -2.54. The molecule has 0 aliphatic heterocycles. The lowest BCUT2D eigenvalue weighted by atomic mass is 9.46. The molecule has 4 rings (SSSR count). The van der Waals surface area contributed by atoms with Crippen LogP contribution in [0.5, 0.6) is 0 Å². The first-order valence-corrected chi connectivity index (χ1v) is 9.35. The molecule has 2 heteroatoms. The molecule has 3 fully saturated rings. The molecule has 4 aliphatic carbocycles. The molecule has 0 amide bonds. The molecule has 0 heterocycles. The summed E-state index contributed by atoms with van der Waals surface area (Å²) in [5, 5.41) is 10.9. The lowest BCUT2D eigenvalue weighted by molar-refractivity contribution is -0.120. The average molecular weight is 314 g/mol. The van der Waals surface area contributed by atoms with Gasteiger partial charge >= 0.3 is 0 Å². The second-order valence-electron chi connectivity index (χ2n) is 9.42. The van der Waals surface area contributed by atoms with E-state index in [1.54, 1.807) is 0 Å². The number of carbonyl (C=O) groups is 1. The maximum Gasteiger partial charge on any atom is 0.181 e. The molecule has 3 saturated carbocycles. The van der Waals surface area contributed by atoms with Crippen LogP contribution >= 0.6 is 0 Å². The Bertz CT molecular complexity index is 613. The molecular formula is C21H30O2. The van der Waals surface area contributed by atoms with Crippen LogP contribution in [0, 0.1) is 28.6 Å². The first-order chi connectivity index (χ1) is 10.7. The Labute approximate surface area is 140 Å². The number of allylic oxidation sites excluding steroid dienone is 2. The molecule has 2 nitrogen and oxygen atoms in total. The van der Waals surface area contributed by atoms with Gasteiger partial charge in [-0.15, -0.1) is 0 Å². The van der Waals surface area contributed by atoms with E-state index in [1.165, 1.54) is 24.8 Å². The minimum atomic E-state index is -0.508. The fourth-order valence-electron chi connectivity index (χ4n) is 6.84. The Hall–Kier alpha value is -0.890. The van der Waals surface area contributed by atoms with Crippen molar-refractivity contribution >= 4 is 5.78 Å². The maximum atomic E-state index is 12.1. The highest BCUT2D eigenvalue weighted by Crippen LogP contribution is 2.67. The van der Waals surface area contributed by atoms with Crippen LogP contribution in [0.25, 0.3) is 0 Å². The van der Waals surface area contributed by atoms with Crippen molar-refractivity contribution in [2.45, 2.75) is 71.3 Å². The van der Waals surface area contributed by atoms with Gasteiger partial charge in [-0.2, -0.15) is 0 Å². The number of aliphatic hydroxyl groups is 1. The van der Waals surface area contributed by atoms with Gasteiger partial charge in [-0.05, 0) is 92.1 Å². The van der Waals surface area contributed by atoms with Crippen LogP contribution in [0.2, 0.25) is 0 Å². The van der Waals surface area contributed by atoms with Crippen molar-refractivity contribution in [1.29, 1.82) is 0 Å². The van der Waals surface area contributed by atoms with E-state index in [9.17, 15) is 9.90 Å². The van der Waals surface area contributed by atoms with E-state index in [2.05, 4.69) is 27.4 Å². The number of rotatable bonds is 0. The van der Waals surface area contributed by atoms with E-state index >= 15 is 0 Å². The molecule has 0 saturated heterocycles. The number of fused-ring (bicyclic) bond motifs is 5. The topological polar surface area (TPSA) is 37.3 Å². The zero-order valence-electron chi connectivity index (χ0n) is 14.8. The zero-order chi connectivity index (χ0) is 16.6. The van der Waals surface area contributed by atoms with E-state index in [4.69, 9.17) is 0 Å². The molecule has 0 bridgehead atoms. The predicted octanol–water partition coefficient (Wildman–Crippen LogP) is 4.44. The summed E-state index contributed by atoms with van der Waals surface area (Å²) in [7, 11) is 0. The summed E-state index contributed by atoms with van der Waals surface area (Å²) < 4.78 is 0. The van der Waals surface area contributed by atoms with E-state index < -0.39 is 5.60 Å². The largest absolute Gasteiger partial charge is 0.390 e. The van der Waals surface area contributed by atoms with Crippen molar-refractivity contribution in [1.82, 2.24) is 0 Å². The molecular weight excluding hydrogens is 284 g/mol. The van der Waals surface area contributed by atoms with Crippen LogP contribution in [-0.4, -0.2) is 16.5 Å². The Morgan fingerprint density at radius 3 is 2.57 bits per heavy atom. The Balaban J connectivity index is 1.72. The van der Waals surface area contributed by atoms with Crippen molar-refractivity contribution in [3.63, 3.8) is 0 Å². The summed E-state index contributed by atoms with van der Waals surface area (Å²) in [5.41, 5.74) is 1.87. The Kier molecular flexibility index (Phi) is 3.12. The molecule has 0 aromatic heterocycles. The van der Waals surface area contributed by atoms with E-state index in [0.29, 0.717) is 17.8 Å². The smallest absolute Gasteiger partial charge is 0.181 e. The molecule has 0 spiro atoms. The summed E-state index contributed by atoms with van der Waals surface area (Å²) in [4.78, 5) is 12.1. The van der Waals surface area contributed by atoms with Gasteiger partial charge in [0.15, 0.2) is 5.78 Å². The first kappa shape index (κ1) is 15.6. The third-order valence-electron chi connectivity index (χ3n) is 8.53. The van der Waals surface area contributed by atoms with Crippen LogP contribution < -0.4 is 0 Å². The van der Waals surface area contributed by atoms with Gasteiger partial charge < -0.3 is 5.11 Å². The van der Waals surface area contributed by atoms with Gasteiger partial charge in [0.1, 0.15) is 0 Å². The van der Waals surface area contributed by atoms with Gasteiger partial charge in [0.05, 0.1) is 5.60 Å². The van der Waals surface area contributed by atoms with Gasteiger partial charge in [-0.1, -0.05) is 26.0 Å². The van der Waals surface area contributed by atoms with Gasteiger partial charge in [0.2, 0.25) is 0 Å². The van der Waals surface area contributed by atoms with Crippen molar-refractivity contribution in [3.05, 3.63) is 23.8 Å². The number of carbonyl (C=O) groups excluding carboxylic acids is 1. The highest BCUT2D eigenvalue weighted by atomic mass is 16.3. The van der Waals surface area contributed by atoms with E-state index in [0.717, 1.165) is 31.3 Å². The minimum absolute atomic E-state index is 0.0766. The fourth-order valence-corrected chi connectivity index (χ4v) is 6.84. The van der Waals surface area contributed by atoms with E-state index in [1.807, 2.05) is 6.08 Å². The molecule has 23 heavy (non-hydrogen) atoms. The number of hydrogen-bond donors (Lipinski definition) is 1. The van der Waals surface area contributed by atoms with Crippen LogP contribution in [0.3, 0.4) is 0 Å². The van der Waals surface area contributed by atoms with Gasteiger partial charge in [-0.25, -0.2) is 0 Å². The quantitative estimate of drug-likeness (QED) is 0.671. The minimum Gasteiger partial charge on any atom is -0.390 e. The molecule has 126 valence electrons. The molecule has 0 radical (unpaired) electrons. The highest BCUT2D eigenvalue weighted by molar-refractivity contribution is 6.05. The van der Waals surface area contributed by atoms with Crippen molar-refractivity contribution in [2.24, 2.45) is 28.6 Å². The van der Waals surface area contributed by atoms with E-state index in [-0.39, 0.29) is 16.6 Å².